The number of hydrogen-bond donors (Lipinski definition) is 0. The third kappa shape index (κ3) is 2.96. The summed E-state index contributed by atoms with van der Waals surface area (Å²) in [6.07, 6.45) is 0.852. The molecule has 134 valence electrons. The molecule has 1 aromatic heterocycles. The van der Waals surface area contributed by atoms with Crippen molar-refractivity contribution in [3.8, 4) is 28.1 Å². The van der Waals surface area contributed by atoms with E-state index < -0.39 is 0 Å². The lowest BCUT2D eigenvalue weighted by Crippen LogP contribution is -2.02. The minimum absolute atomic E-state index is 0. The van der Waals surface area contributed by atoms with Crippen molar-refractivity contribution in [2.75, 3.05) is 6.61 Å². The molecule has 5 rings (SSSR count). The average Bonchev–Trinajstić information content (AvgIpc) is 2.86. The van der Waals surface area contributed by atoms with Crippen LogP contribution in [0.3, 0.4) is 0 Å². The SMILES string of the molecule is Cc1ccc2c(c1)-c1nc3ccccc3c(-c3ccccc3)c1CCO2.Cl. The predicted octanol–water partition coefficient (Wildman–Crippen LogP) is 6.23. The molecular formula is C24H20ClNO. The number of nitrogens with zero attached hydrogens (tertiary/aromatic N) is 1. The Kier molecular flexibility index (Phi) is 4.59. The van der Waals surface area contributed by atoms with Crippen LogP contribution in [-0.2, 0) is 6.42 Å². The summed E-state index contributed by atoms with van der Waals surface area (Å²) in [6, 6.07) is 25.4. The largest absolute Gasteiger partial charge is 0.493 e. The fourth-order valence-corrected chi connectivity index (χ4v) is 3.87. The van der Waals surface area contributed by atoms with Crippen LogP contribution in [-0.4, -0.2) is 11.6 Å². The van der Waals surface area contributed by atoms with E-state index in [0.717, 1.165) is 28.9 Å². The van der Waals surface area contributed by atoms with Crippen LogP contribution < -0.4 is 4.74 Å². The zero-order valence-corrected chi connectivity index (χ0v) is 15.9. The molecule has 0 spiro atoms. The standard InChI is InChI=1S/C24H19NO.ClH/c1-16-11-12-22-20(15-16)24-19(13-14-26-22)23(17-7-3-2-4-8-17)18-9-5-6-10-21(18)25-24;/h2-12,15H,13-14H2,1H3;1H. The molecular weight excluding hydrogens is 354 g/mol. The van der Waals surface area contributed by atoms with Crippen molar-refractivity contribution >= 4 is 23.3 Å². The van der Waals surface area contributed by atoms with E-state index >= 15 is 0 Å². The van der Waals surface area contributed by atoms with Gasteiger partial charge in [-0.05, 0) is 41.8 Å². The zero-order valence-electron chi connectivity index (χ0n) is 15.1. The van der Waals surface area contributed by atoms with Gasteiger partial charge in [-0.1, -0.05) is 60.2 Å². The smallest absolute Gasteiger partial charge is 0.128 e. The first-order valence-electron chi connectivity index (χ1n) is 9.02. The van der Waals surface area contributed by atoms with Crippen molar-refractivity contribution in [2.24, 2.45) is 0 Å². The van der Waals surface area contributed by atoms with Crippen LogP contribution in [0.1, 0.15) is 11.1 Å². The molecule has 0 saturated carbocycles. The molecule has 0 bridgehead atoms. The van der Waals surface area contributed by atoms with Gasteiger partial charge < -0.3 is 4.74 Å². The molecule has 27 heavy (non-hydrogen) atoms. The summed E-state index contributed by atoms with van der Waals surface area (Å²) in [5.41, 5.74) is 8.19. The third-order valence-electron chi connectivity index (χ3n) is 5.06. The lowest BCUT2D eigenvalue weighted by Gasteiger charge is -2.16. The first-order valence-corrected chi connectivity index (χ1v) is 9.02. The van der Waals surface area contributed by atoms with Gasteiger partial charge in [0.2, 0.25) is 0 Å². The number of para-hydroxylation sites is 1. The van der Waals surface area contributed by atoms with Crippen molar-refractivity contribution in [3.05, 3.63) is 83.9 Å². The fraction of sp³-hybridized carbons (Fsp3) is 0.125. The number of hydrogen-bond acceptors (Lipinski definition) is 2. The summed E-state index contributed by atoms with van der Waals surface area (Å²) in [5.74, 6) is 0.927. The number of halogens is 1. The molecule has 0 saturated heterocycles. The second-order valence-corrected chi connectivity index (χ2v) is 6.80. The van der Waals surface area contributed by atoms with Crippen LogP contribution >= 0.6 is 12.4 Å². The molecule has 1 aliphatic heterocycles. The Balaban J connectivity index is 0.00000180. The lowest BCUT2D eigenvalue weighted by atomic mass is 9.90. The molecule has 0 N–H and O–H groups in total. The normalized spacial score (nSPS) is 12.3. The lowest BCUT2D eigenvalue weighted by molar-refractivity contribution is 0.326. The topological polar surface area (TPSA) is 22.1 Å². The second-order valence-electron chi connectivity index (χ2n) is 6.80. The first kappa shape index (κ1) is 17.6. The van der Waals surface area contributed by atoms with Crippen LogP contribution in [0.5, 0.6) is 5.75 Å². The van der Waals surface area contributed by atoms with E-state index in [1.54, 1.807) is 0 Å². The first-order chi connectivity index (χ1) is 12.8. The van der Waals surface area contributed by atoms with Crippen LogP contribution in [0, 0.1) is 6.92 Å². The number of ether oxygens (including phenoxy) is 1. The highest BCUT2D eigenvalue weighted by molar-refractivity contribution is 5.99. The Morgan fingerprint density at radius 3 is 2.52 bits per heavy atom. The minimum Gasteiger partial charge on any atom is -0.493 e. The third-order valence-corrected chi connectivity index (χ3v) is 5.06. The molecule has 0 atom stereocenters. The number of aryl methyl sites for hydroxylation is 1. The molecule has 0 unspecified atom stereocenters. The maximum Gasteiger partial charge on any atom is 0.128 e. The van der Waals surface area contributed by atoms with Crippen molar-refractivity contribution in [3.63, 3.8) is 0 Å². The van der Waals surface area contributed by atoms with E-state index in [1.807, 2.05) is 0 Å². The highest BCUT2D eigenvalue weighted by atomic mass is 35.5. The van der Waals surface area contributed by atoms with E-state index in [-0.39, 0.29) is 12.4 Å². The molecule has 2 heterocycles. The Hall–Kier alpha value is -2.84. The van der Waals surface area contributed by atoms with Crippen molar-refractivity contribution in [2.45, 2.75) is 13.3 Å². The van der Waals surface area contributed by atoms with Crippen LogP contribution in [0.2, 0.25) is 0 Å². The van der Waals surface area contributed by atoms with Gasteiger partial charge in [-0.3, -0.25) is 0 Å². The maximum absolute atomic E-state index is 6.06. The molecule has 0 aliphatic carbocycles. The zero-order chi connectivity index (χ0) is 17.5. The van der Waals surface area contributed by atoms with Crippen molar-refractivity contribution in [1.82, 2.24) is 4.98 Å². The monoisotopic (exact) mass is 373 g/mol. The number of fused-ring (bicyclic) bond motifs is 4. The quantitative estimate of drug-likeness (QED) is 0.394. The summed E-state index contributed by atoms with van der Waals surface area (Å²) in [7, 11) is 0. The van der Waals surface area contributed by atoms with Crippen LogP contribution in [0.25, 0.3) is 33.3 Å². The van der Waals surface area contributed by atoms with E-state index in [9.17, 15) is 0 Å². The Labute approximate surface area is 165 Å². The Morgan fingerprint density at radius 2 is 1.67 bits per heavy atom. The highest BCUT2D eigenvalue weighted by Crippen LogP contribution is 2.41. The number of aromatic nitrogens is 1. The van der Waals surface area contributed by atoms with Crippen LogP contribution in [0.4, 0.5) is 0 Å². The van der Waals surface area contributed by atoms with E-state index in [0.29, 0.717) is 6.61 Å². The van der Waals surface area contributed by atoms with E-state index in [4.69, 9.17) is 9.72 Å². The van der Waals surface area contributed by atoms with Crippen LogP contribution in [0.15, 0.2) is 72.8 Å². The molecule has 1 aliphatic rings. The summed E-state index contributed by atoms with van der Waals surface area (Å²) in [6.45, 7) is 2.78. The predicted molar refractivity (Wildman–Crippen MR) is 114 cm³/mol. The van der Waals surface area contributed by atoms with Gasteiger partial charge in [-0.2, -0.15) is 0 Å². The Morgan fingerprint density at radius 1 is 0.889 bits per heavy atom. The maximum atomic E-state index is 6.06. The van der Waals surface area contributed by atoms with E-state index in [2.05, 4.69) is 79.7 Å². The van der Waals surface area contributed by atoms with Gasteiger partial charge in [0, 0.05) is 17.4 Å². The van der Waals surface area contributed by atoms with Gasteiger partial charge in [0.05, 0.1) is 17.8 Å². The molecule has 4 aromatic rings. The summed E-state index contributed by atoms with van der Waals surface area (Å²) < 4.78 is 6.06. The fourth-order valence-electron chi connectivity index (χ4n) is 3.87. The van der Waals surface area contributed by atoms with Crippen molar-refractivity contribution < 1.29 is 4.74 Å². The molecule has 0 radical (unpaired) electrons. The van der Waals surface area contributed by atoms with Gasteiger partial charge in [-0.25, -0.2) is 4.98 Å². The Bertz CT molecular complexity index is 1120. The number of rotatable bonds is 1. The molecule has 3 heteroatoms. The molecule has 3 aromatic carbocycles. The number of pyridine rings is 1. The van der Waals surface area contributed by atoms with Gasteiger partial charge in [0.25, 0.3) is 0 Å². The highest BCUT2D eigenvalue weighted by Gasteiger charge is 2.22. The van der Waals surface area contributed by atoms with Gasteiger partial charge >= 0.3 is 0 Å². The molecule has 2 nitrogen and oxygen atoms in total. The van der Waals surface area contributed by atoms with Crippen molar-refractivity contribution in [1.29, 1.82) is 0 Å². The summed E-state index contributed by atoms with van der Waals surface area (Å²) in [5, 5.41) is 1.20. The number of benzene rings is 3. The van der Waals surface area contributed by atoms with E-state index in [1.165, 1.54) is 27.6 Å². The van der Waals surface area contributed by atoms with Gasteiger partial charge in [-0.15, -0.1) is 12.4 Å². The summed E-state index contributed by atoms with van der Waals surface area (Å²) >= 11 is 0. The van der Waals surface area contributed by atoms with Gasteiger partial charge in [0.15, 0.2) is 0 Å². The molecule has 0 amide bonds. The van der Waals surface area contributed by atoms with Gasteiger partial charge in [0.1, 0.15) is 5.75 Å². The second kappa shape index (κ2) is 7.05. The minimum atomic E-state index is 0. The molecule has 0 fully saturated rings. The average molecular weight is 374 g/mol. The summed E-state index contributed by atoms with van der Waals surface area (Å²) in [4.78, 5) is 5.06.